The molecule has 0 saturated heterocycles. The van der Waals surface area contributed by atoms with Crippen LogP contribution in [0, 0.1) is 0 Å². The summed E-state index contributed by atoms with van der Waals surface area (Å²) in [6.07, 6.45) is 0.720. The van der Waals surface area contributed by atoms with Crippen LogP contribution in [0.15, 0.2) is 40.5 Å². The second-order valence-corrected chi connectivity index (χ2v) is 6.39. The molecule has 0 bridgehead atoms. The number of aliphatic imine (C=N–C) groups is 1. The van der Waals surface area contributed by atoms with Gasteiger partial charge in [0.1, 0.15) is 11.6 Å². The van der Waals surface area contributed by atoms with Gasteiger partial charge in [-0.2, -0.15) is 0 Å². The third-order valence-corrected chi connectivity index (χ3v) is 4.67. The topological polar surface area (TPSA) is 114 Å². The maximum absolute atomic E-state index is 11.7. The van der Waals surface area contributed by atoms with Crippen molar-refractivity contribution in [2.75, 3.05) is 26.7 Å². The molecule has 1 aromatic carbocycles. The van der Waals surface area contributed by atoms with Crippen LogP contribution in [0.5, 0.6) is 0 Å². The van der Waals surface area contributed by atoms with Gasteiger partial charge in [0.05, 0.1) is 18.2 Å². The lowest BCUT2D eigenvalue weighted by Gasteiger charge is -2.29. The Morgan fingerprint density at radius 3 is 2.42 bits per heavy atom. The molecule has 1 unspecified atom stereocenters. The molecule has 0 spiro atoms. The van der Waals surface area contributed by atoms with Gasteiger partial charge in [-0.15, -0.1) is 0 Å². The summed E-state index contributed by atoms with van der Waals surface area (Å²) in [5.41, 5.74) is 15.3. The van der Waals surface area contributed by atoms with Crippen molar-refractivity contribution in [2.24, 2.45) is 16.5 Å². The Balaban J connectivity index is 2.26. The molecule has 1 amide bonds. The number of hydrogen-bond donors (Lipinski definition) is 3. The molecular weight excluding hydrogens is 330 g/mol. The Morgan fingerprint density at radius 1 is 1.27 bits per heavy atom. The molecule has 2 rings (SSSR count). The van der Waals surface area contributed by atoms with E-state index in [0.29, 0.717) is 24.6 Å². The number of ketones is 1. The molecule has 1 aliphatic heterocycles. The molecule has 1 aromatic rings. The van der Waals surface area contributed by atoms with Crippen molar-refractivity contribution in [2.45, 2.75) is 26.2 Å². The van der Waals surface area contributed by atoms with Crippen LogP contribution in [-0.2, 0) is 9.59 Å². The average molecular weight is 357 g/mol. The Labute approximate surface area is 154 Å². The number of nitrogens with zero attached hydrogens (tertiary/aromatic N) is 2. The van der Waals surface area contributed by atoms with Crippen molar-refractivity contribution in [1.29, 1.82) is 0 Å². The van der Waals surface area contributed by atoms with Crippen molar-refractivity contribution >= 4 is 23.2 Å². The van der Waals surface area contributed by atoms with Crippen LogP contribution < -0.4 is 16.8 Å². The first-order chi connectivity index (χ1) is 12.4. The first-order valence-corrected chi connectivity index (χ1v) is 8.67. The van der Waals surface area contributed by atoms with Crippen molar-refractivity contribution in [1.82, 2.24) is 10.2 Å². The minimum absolute atomic E-state index is 0.0202. The lowest BCUT2D eigenvalue weighted by molar-refractivity contribution is -0.128. The quantitative estimate of drug-likeness (QED) is 0.520. The minimum Gasteiger partial charge on any atom is -0.391 e. The number of amidine groups is 1. The van der Waals surface area contributed by atoms with Gasteiger partial charge >= 0.3 is 0 Å². The van der Waals surface area contributed by atoms with E-state index in [1.807, 2.05) is 31.3 Å². The van der Waals surface area contributed by atoms with Gasteiger partial charge in [-0.3, -0.25) is 9.59 Å². The van der Waals surface area contributed by atoms with E-state index in [-0.39, 0.29) is 24.2 Å². The molecule has 0 saturated carbocycles. The third kappa shape index (κ3) is 4.49. The van der Waals surface area contributed by atoms with E-state index >= 15 is 0 Å². The van der Waals surface area contributed by atoms with E-state index in [4.69, 9.17) is 11.5 Å². The van der Waals surface area contributed by atoms with Crippen molar-refractivity contribution in [3.05, 3.63) is 41.1 Å². The van der Waals surface area contributed by atoms with E-state index in [9.17, 15) is 9.59 Å². The summed E-state index contributed by atoms with van der Waals surface area (Å²) < 4.78 is 0. The van der Waals surface area contributed by atoms with Gasteiger partial charge in [0.15, 0.2) is 0 Å². The standard InChI is InChI=1S/C19H27N5O2/c1-12(25)16(10-20)14-4-6-15(7-5-14)23-19(21)17-11-24(13(2)26)9-8-18(17)22-3/h4-7,16,22H,8-11,20H2,1-3H3,(H2,21,23). The van der Waals surface area contributed by atoms with Crippen LogP contribution in [0.25, 0.3) is 0 Å². The number of amides is 1. The number of nitrogens with two attached hydrogens (primary N) is 2. The molecule has 1 heterocycles. The molecule has 7 heteroatoms. The van der Waals surface area contributed by atoms with Gasteiger partial charge in [-0.25, -0.2) is 4.99 Å². The molecule has 7 nitrogen and oxygen atoms in total. The van der Waals surface area contributed by atoms with E-state index < -0.39 is 0 Å². The van der Waals surface area contributed by atoms with Gasteiger partial charge < -0.3 is 21.7 Å². The molecule has 0 aromatic heterocycles. The number of benzene rings is 1. The molecular formula is C19H27N5O2. The SMILES string of the molecule is CNC1=C(C(N)=Nc2ccc(C(CN)C(C)=O)cc2)CN(C(C)=O)CC1. The van der Waals surface area contributed by atoms with Crippen molar-refractivity contribution in [3.8, 4) is 0 Å². The predicted molar refractivity (Wildman–Crippen MR) is 103 cm³/mol. The van der Waals surface area contributed by atoms with E-state index in [1.54, 1.807) is 11.8 Å². The molecule has 0 fully saturated rings. The minimum atomic E-state index is -0.300. The van der Waals surface area contributed by atoms with E-state index in [0.717, 1.165) is 23.3 Å². The van der Waals surface area contributed by atoms with Crippen LogP contribution in [-0.4, -0.2) is 49.1 Å². The number of hydrogen-bond acceptors (Lipinski definition) is 5. The van der Waals surface area contributed by atoms with Crippen molar-refractivity contribution < 1.29 is 9.59 Å². The first-order valence-electron chi connectivity index (χ1n) is 8.67. The highest BCUT2D eigenvalue weighted by Crippen LogP contribution is 2.22. The van der Waals surface area contributed by atoms with Crippen LogP contribution in [0.3, 0.4) is 0 Å². The summed E-state index contributed by atoms with van der Waals surface area (Å²) in [5, 5.41) is 3.15. The van der Waals surface area contributed by atoms with Crippen LogP contribution in [0.2, 0.25) is 0 Å². The monoisotopic (exact) mass is 357 g/mol. The molecule has 26 heavy (non-hydrogen) atoms. The molecule has 0 radical (unpaired) electrons. The van der Waals surface area contributed by atoms with Gasteiger partial charge in [0, 0.05) is 44.8 Å². The zero-order valence-corrected chi connectivity index (χ0v) is 15.6. The fraction of sp³-hybridized carbons (Fsp3) is 0.421. The predicted octanol–water partition coefficient (Wildman–Crippen LogP) is 1.03. The number of nitrogens with one attached hydrogen (secondary N) is 1. The fourth-order valence-corrected chi connectivity index (χ4v) is 3.07. The summed E-state index contributed by atoms with van der Waals surface area (Å²) >= 11 is 0. The molecule has 140 valence electrons. The largest absolute Gasteiger partial charge is 0.391 e. The average Bonchev–Trinajstić information content (AvgIpc) is 2.62. The number of Topliss-reactive ketones (excluding diaryl/α,β-unsaturated/α-hetero) is 1. The molecule has 0 aliphatic carbocycles. The zero-order chi connectivity index (χ0) is 19.3. The molecule has 5 N–H and O–H groups in total. The molecule has 1 aliphatic rings. The highest BCUT2D eigenvalue weighted by molar-refractivity contribution is 6.00. The van der Waals surface area contributed by atoms with Gasteiger partial charge in [0.2, 0.25) is 5.91 Å². The van der Waals surface area contributed by atoms with Crippen LogP contribution in [0.4, 0.5) is 5.69 Å². The summed E-state index contributed by atoms with van der Waals surface area (Å²) in [7, 11) is 1.84. The summed E-state index contributed by atoms with van der Waals surface area (Å²) in [4.78, 5) is 29.5. The van der Waals surface area contributed by atoms with Gasteiger partial charge in [-0.1, -0.05) is 12.1 Å². The third-order valence-electron chi connectivity index (χ3n) is 4.67. The van der Waals surface area contributed by atoms with Crippen molar-refractivity contribution in [3.63, 3.8) is 0 Å². The Morgan fingerprint density at radius 2 is 1.92 bits per heavy atom. The normalized spacial score (nSPS) is 16.5. The molecule has 1 atom stereocenters. The Kier molecular flexibility index (Phi) is 6.52. The summed E-state index contributed by atoms with van der Waals surface area (Å²) in [5.74, 6) is 0.145. The fourth-order valence-electron chi connectivity index (χ4n) is 3.07. The smallest absolute Gasteiger partial charge is 0.219 e. The highest BCUT2D eigenvalue weighted by Gasteiger charge is 2.22. The number of rotatable bonds is 6. The van der Waals surface area contributed by atoms with Gasteiger partial charge in [0.25, 0.3) is 0 Å². The first kappa shape index (κ1) is 19.7. The Hall–Kier alpha value is -2.67. The van der Waals surface area contributed by atoms with Crippen LogP contribution in [0.1, 0.15) is 31.7 Å². The summed E-state index contributed by atoms with van der Waals surface area (Å²) in [6.45, 7) is 4.48. The maximum Gasteiger partial charge on any atom is 0.219 e. The number of carbonyl (C=O) groups is 2. The van der Waals surface area contributed by atoms with E-state index in [2.05, 4.69) is 10.3 Å². The Bertz CT molecular complexity index is 737. The maximum atomic E-state index is 11.7. The van der Waals surface area contributed by atoms with Gasteiger partial charge in [-0.05, 0) is 24.6 Å². The lowest BCUT2D eigenvalue weighted by atomic mass is 9.95. The lowest BCUT2D eigenvalue weighted by Crippen LogP contribution is -2.40. The van der Waals surface area contributed by atoms with Crippen LogP contribution >= 0.6 is 0 Å². The second kappa shape index (κ2) is 8.62. The zero-order valence-electron chi connectivity index (χ0n) is 15.6. The van der Waals surface area contributed by atoms with E-state index in [1.165, 1.54) is 6.92 Å². The highest BCUT2D eigenvalue weighted by atomic mass is 16.2. The second-order valence-electron chi connectivity index (χ2n) is 6.39. The number of carbonyl (C=O) groups excluding carboxylic acids is 2. The summed E-state index contributed by atoms with van der Waals surface area (Å²) in [6, 6.07) is 7.33.